The fourth-order valence-electron chi connectivity index (χ4n) is 3.36. The first-order chi connectivity index (χ1) is 15.6. The molecule has 0 saturated heterocycles. The van der Waals surface area contributed by atoms with Crippen LogP contribution in [-0.2, 0) is 4.74 Å². The molecular formula is C27H36N2O3. The Hall–Kier alpha value is -2.82. The van der Waals surface area contributed by atoms with E-state index >= 15 is 0 Å². The van der Waals surface area contributed by atoms with E-state index in [0.29, 0.717) is 35.5 Å². The SMILES string of the molecule is CCCCCCCCCCCOC(=O)c1ccc(N=Nc2ccc(C(=O)CC)cc2)cc1. The van der Waals surface area contributed by atoms with Crippen molar-refractivity contribution in [3.63, 3.8) is 0 Å². The van der Waals surface area contributed by atoms with Crippen LogP contribution >= 0.6 is 0 Å². The van der Waals surface area contributed by atoms with Crippen molar-refractivity contribution in [1.29, 1.82) is 0 Å². The number of azo groups is 1. The molecule has 5 heteroatoms. The lowest BCUT2D eigenvalue weighted by molar-refractivity contribution is 0.0497. The Labute approximate surface area is 192 Å². The number of Topliss-reactive ketones (excluding diaryl/α,β-unsaturated/α-hetero) is 1. The summed E-state index contributed by atoms with van der Waals surface area (Å²) < 4.78 is 5.38. The summed E-state index contributed by atoms with van der Waals surface area (Å²) in [6.07, 6.45) is 11.6. The molecule has 0 fully saturated rings. The van der Waals surface area contributed by atoms with Crippen LogP contribution in [0.3, 0.4) is 0 Å². The van der Waals surface area contributed by atoms with Crippen LogP contribution in [0.15, 0.2) is 58.8 Å². The largest absolute Gasteiger partial charge is 0.462 e. The Kier molecular flexibility index (Phi) is 12.0. The first-order valence-electron chi connectivity index (χ1n) is 12.0. The Morgan fingerprint density at radius 1 is 0.656 bits per heavy atom. The monoisotopic (exact) mass is 436 g/mol. The Bertz CT molecular complexity index is 842. The first kappa shape index (κ1) is 25.4. The number of rotatable bonds is 15. The predicted octanol–water partition coefficient (Wildman–Crippen LogP) is 8.38. The van der Waals surface area contributed by atoms with E-state index in [2.05, 4.69) is 17.2 Å². The highest BCUT2D eigenvalue weighted by Crippen LogP contribution is 2.20. The van der Waals surface area contributed by atoms with Gasteiger partial charge in [-0.15, -0.1) is 0 Å². The molecule has 0 saturated carbocycles. The number of nitrogens with zero attached hydrogens (tertiary/aromatic N) is 2. The summed E-state index contributed by atoms with van der Waals surface area (Å²) in [5.41, 5.74) is 2.51. The number of hydrogen-bond acceptors (Lipinski definition) is 5. The van der Waals surface area contributed by atoms with Gasteiger partial charge in [-0.05, 0) is 55.0 Å². The molecule has 0 aliphatic heterocycles. The van der Waals surface area contributed by atoms with Gasteiger partial charge in [0, 0.05) is 12.0 Å². The smallest absolute Gasteiger partial charge is 0.338 e. The molecule has 0 aliphatic carbocycles. The van der Waals surface area contributed by atoms with Crippen LogP contribution < -0.4 is 0 Å². The van der Waals surface area contributed by atoms with E-state index in [9.17, 15) is 9.59 Å². The third-order valence-corrected chi connectivity index (χ3v) is 5.38. The lowest BCUT2D eigenvalue weighted by atomic mass is 10.1. The average molecular weight is 437 g/mol. The number of ether oxygens (including phenoxy) is 1. The van der Waals surface area contributed by atoms with Crippen LogP contribution in [0.4, 0.5) is 11.4 Å². The highest BCUT2D eigenvalue weighted by Gasteiger charge is 2.07. The van der Waals surface area contributed by atoms with Crippen LogP contribution in [0.2, 0.25) is 0 Å². The molecule has 2 aromatic rings. The molecule has 0 unspecified atom stereocenters. The van der Waals surface area contributed by atoms with Crippen molar-refractivity contribution in [1.82, 2.24) is 0 Å². The van der Waals surface area contributed by atoms with Gasteiger partial charge >= 0.3 is 5.97 Å². The summed E-state index contributed by atoms with van der Waals surface area (Å²) in [5.74, 6) is -0.196. The van der Waals surface area contributed by atoms with E-state index in [1.165, 1.54) is 44.9 Å². The standard InChI is InChI=1S/C27H36N2O3/c1-3-5-6-7-8-9-10-11-12-21-32-27(31)23-15-19-25(20-16-23)29-28-24-17-13-22(14-18-24)26(30)4-2/h13-20H,3-12,21H2,1-2H3. The number of carbonyl (C=O) groups is 2. The minimum Gasteiger partial charge on any atom is -0.462 e. The zero-order valence-electron chi connectivity index (χ0n) is 19.5. The van der Waals surface area contributed by atoms with E-state index in [4.69, 9.17) is 4.74 Å². The normalized spacial score (nSPS) is 11.1. The van der Waals surface area contributed by atoms with E-state index in [0.717, 1.165) is 12.8 Å². The second-order valence-corrected chi connectivity index (χ2v) is 8.03. The number of benzene rings is 2. The van der Waals surface area contributed by atoms with Gasteiger partial charge in [0.15, 0.2) is 5.78 Å². The van der Waals surface area contributed by atoms with Crippen LogP contribution in [0.5, 0.6) is 0 Å². The molecule has 0 amide bonds. The van der Waals surface area contributed by atoms with Crippen molar-refractivity contribution in [3.8, 4) is 0 Å². The van der Waals surface area contributed by atoms with Gasteiger partial charge in [-0.2, -0.15) is 10.2 Å². The third-order valence-electron chi connectivity index (χ3n) is 5.38. The van der Waals surface area contributed by atoms with E-state index < -0.39 is 0 Å². The molecule has 0 aliphatic rings. The number of carbonyl (C=O) groups excluding carboxylic acids is 2. The molecular weight excluding hydrogens is 400 g/mol. The number of unbranched alkanes of at least 4 members (excludes halogenated alkanes) is 8. The second kappa shape index (κ2) is 15.1. The zero-order chi connectivity index (χ0) is 23.0. The third kappa shape index (κ3) is 9.54. The molecule has 2 rings (SSSR count). The van der Waals surface area contributed by atoms with E-state index in [-0.39, 0.29) is 11.8 Å². The van der Waals surface area contributed by atoms with Gasteiger partial charge in [0.2, 0.25) is 0 Å². The lowest BCUT2D eigenvalue weighted by Gasteiger charge is -2.05. The molecule has 2 aromatic carbocycles. The van der Waals surface area contributed by atoms with Gasteiger partial charge in [-0.1, -0.05) is 65.2 Å². The summed E-state index contributed by atoms with van der Waals surface area (Å²) in [4.78, 5) is 23.8. The van der Waals surface area contributed by atoms with Crippen LogP contribution in [0, 0.1) is 0 Å². The minimum absolute atomic E-state index is 0.105. The molecule has 32 heavy (non-hydrogen) atoms. The van der Waals surface area contributed by atoms with Crippen LogP contribution in [-0.4, -0.2) is 18.4 Å². The fourth-order valence-corrected chi connectivity index (χ4v) is 3.36. The highest BCUT2D eigenvalue weighted by atomic mass is 16.5. The Balaban J connectivity index is 1.67. The maximum Gasteiger partial charge on any atom is 0.338 e. The van der Waals surface area contributed by atoms with Crippen molar-refractivity contribution in [2.75, 3.05) is 6.61 Å². The molecule has 172 valence electrons. The van der Waals surface area contributed by atoms with Gasteiger partial charge in [0.1, 0.15) is 0 Å². The average Bonchev–Trinajstić information content (AvgIpc) is 2.84. The molecule has 0 bridgehead atoms. The maximum absolute atomic E-state index is 12.2. The van der Waals surface area contributed by atoms with Crippen molar-refractivity contribution < 1.29 is 14.3 Å². The quantitative estimate of drug-likeness (QED) is 0.122. The van der Waals surface area contributed by atoms with Gasteiger partial charge in [-0.3, -0.25) is 4.79 Å². The number of ketones is 1. The molecule has 0 heterocycles. The summed E-state index contributed by atoms with van der Waals surface area (Å²) in [6, 6.07) is 13.9. The number of esters is 1. The van der Waals surface area contributed by atoms with E-state index in [1.807, 2.05) is 6.92 Å². The zero-order valence-corrected chi connectivity index (χ0v) is 19.5. The van der Waals surface area contributed by atoms with Crippen LogP contribution in [0.25, 0.3) is 0 Å². The van der Waals surface area contributed by atoms with E-state index in [1.54, 1.807) is 48.5 Å². The van der Waals surface area contributed by atoms with Gasteiger partial charge in [-0.25, -0.2) is 4.79 Å². The summed E-state index contributed by atoms with van der Waals surface area (Å²) in [6.45, 7) is 4.54. The first-order valence-corrected chi connectivity index (χ1v) is 12.0. The van der Waals surface area contributed by atoms with Crippen molar-refractivity contribution in [2.45, 2.75) is 78.1 Å². The molecule has 0 aromatic heterocycles. The highest BCUT2D eigenvalue weighted by molar-refractivity contribution is 5.96. The Morgan fingerprint density at radius 3 is 1.62 bits per heavy atom. The van der Waals surface area contributed by atoms with Crippen molar-refractivity contribution in [2.24, 2.45) is 10.2 Å². The number of hydrogen-bond donors (Lipinski definition) is 0. The van der Waals surface area contributed by atoms with Crippen molar-refractivity contribution in [3.05, 3.63) is 59.7 Å². The predicted molar refractivity (Wildman–Crippen MR) is 129 cm³/mol. The second-order valence-electron chi connectivity index (χ2n) is 8.03. The fraction of sp³-hybridized carbons (Fsp3) is 0.481. The van der Waals surface area contributed by atoms with Gasteiger partial charge in [0.25, 0.3) is 0 Å². The molecule has 0 atom stereocenters. The van der Waals surface area contributed by atoms with Gasteiger partial charge in [0.05, 0.1) is 23.5 Å². The Morgan fingerprint density at radius 2 is 1.12 bits per heavy atom. The maximum atomic E-state index is 12.2. The molecule has 0 spiro atoms. The lowest BCUT2D eigenvalue weighted by Crippen LogP contribution is -2.06. The van der Waals surface area contributed by atoms with Crippen LogP contribution in [0.1, 0.15) is 98.8 Å². The summed E-state index contributed by atoms with van der Waals surface area (Å²) >= 11 is 0. The van der Waals surface area contributed by atoms with Gasteiger partial charge < -0.3 is 4.74 Å². The topological polar surface area (TPSA) is 68.1 Å². The molecule has 5 nitrogen and oxygen atoms in total. The van der Waals surface area contributed by atoms with Crippen molar-refractivity contribution >= 4 is 23.1 Å². The summed E-state index contributed by atoms with van der Waals surface area (Å²) in [7, 11) is 0. The summed E-state index contributed by atoms with van der Waals surface area (Å²) in [5, 5.41) is 8.37. The minimum atomic E-state index is -0.302. The molecule has 0 radical (unpaired) electrons. The molecule has 0 N–H and O–H groups in total.